The van der Waals surface area contributed by atoms with Crippen molar-refractivity contribution in [1.82, 2.24) is 4.90 Å². The van der Waals surface area contributed by atoms with Crippen molar-refractivity contribution in [3.63, 3.8) is 0 Å². The molecule has 0 radical (unpaired) electrons. The van der Waals surface area contributed by atoms with Crippen LogP contribution in [-0.2, 0) is 0 Å². The fourth-order valence-electron chi connectivity index (χ4n) is 3.20. The number of nitrogens with zero attached hydrogens (tertiary/aromatic N) is 1. The van der Waals surface area contributed by atoms with Gasteiger partial charge in [0.1, 0.15) is 11.9 Å². The molecule has 0 aromatic heterocycles. The number of fused-ring (bicyclic) bond motifs is 2. The minimum atomic E-state index is 0.382. The number of nitrogen functional groups attached to an aromatic ring is 1. The third-order valence-corrected chi connectivity index (χ3v) is 4.24. The van der Waals surface area contributed by atoms with E-state index in [-0.39, 0.29) is 0 Å². The summed E-state index contributed by atoms with van der Waals surface area (Å²) in [6.45, 7) is 0. The van der Waals surface area contributed by atoms with E-state index in [0.717, 1.165) is 36.4 Å². The van der Waals surface area contributed by atoms with Crippen LogP contribution in [0.4, 0.5) is 5.69 Å². The summed E-state index contributed by atoms with van der Waals surface area (Å²) >= 11 is 0. The van der Waals surface area contributed by atoms with E-state index in [9.17, 15) is 0 Å². The summed E-state index contributed by atoms with van der Waals surface area (Å²) in [6, 6.07) is 9.20. The Balaban J connectivity index is 1.65. The van der Waals surface area contributed by atoms with Crippen molar-refractivity contribution in [1.29, 1.82) is 0 Å². The number of ether oxygens (including phenoxy) is 1. The van der Waals surface area contributed by atoms with E-state index in [1.807, 2.05) is 24.3 Å². The Morgan fingerprint density at radius 1 is 1.12 bits per heavy atom. The topological polar surface area (TPSA) is 38.5 Å². The number of hydrogen-bond acceptors (Lipinski definition) is 3. The van der Waals surface area contributed by atoms with Crippen molar-refractivity contribution in [3.8, 4) is 5.75 Å². The lowest BCUT2D eigenvalue weighted by atomic mass is 10.0. The smallest absolute Gasteiger partial charge is 0.119 e. The first-order valence-electron chi connectivity index (χ1n) is 6.46. The molecule has 0 amide bonds. The Morgan fingerprint density at radius 2 is 1.71 bits per heavy atom. The van der Waals surface area contributed by atoms with Gasteiger partial charge in [-0.15, -0.1) is 0 Å². The van der Waals surface area contributed by atoms with Gasteiger partial charge in [-0.05, 0) is 57.0 Å². The molecule has 2 bridgehead atoms. The highest BCUT2D eigenvalue weighted by Gasteiger charge is 2.39. The molecule has 3 heteroatoms. The number of benzene rings is 1. The van der Waals surface area contributed by atoms with E-state index < -0.39 is 0 Å². The van der Waals surface area contributed by atoms with Crippen LogP contribution in [0.3, 0.4) is 0 Å². The number of hydrogen-bond donors (Lipinski definition) is 1. The van der Waals surface area contributed by atoms with Crippen LogP contribution in [0.2, 0.25) is 0 Å². The summed E-state index contributed by atoms with van der Waals surface area (Å²) in [5, 5.41) is 0. The third-order valence-electron chi connectivity index (χ3n) is 4.24. The molecule has 2 fully saturated rings. The lowest BCUT2D eigenvalue weighted by Gasteiger charge is -2.36. The Morgan fingerprint density at radius 3 is 2.29 bits per heavy atom. The Bertz CT molecular complexity index is 376. The van der Waals surface area contributed by atoms with Crippen molar-refractivity contribution in [2.45, 2.75) is 43.9 Å². The maximum Gasteiger partial charge on any atom is 0.119 e. The minimum Gasteiger partial charge on any atom is -0.490 e. The Labute approximate surface area is 103 Å². The fraction of sp³-hybridized carbons (Fsp3) is 0.571. The van der Waals surface area contributed by atoms with Gasteiger partial charge in [0.05, 0.1) is 0 Å². The standard InChI is InChI=1S/C14H20N2O/c1-16-11-4-5-12(16)9-14(8-11)17-13-6-2-10(15)3-7-13/h2-3,6-7,11-12,14H,4-5,8-9,15H2,1H3/t11-,12-/m0/s1. The van der Waals surface area contributed by atoms with Crippen LogP contribution in [0.15, 0.2) is 24.3 Å². The molecule has 92 valence electrons. The molecule has 2 aliphatic rings. The summed E-state index contributed by atoms with van der Waals surface area (Å²) in [4.78, 5) is 2.53. The normalized spacial score (nSPS) is 32.6. The van der Waals surface area contributed by atoms with Crippen LogP contribution in [0.1, 0.15) is 25.7 Å². The van der Waals surface area contributed by atoms with Gasteiger partial charge in [0.2, 0.25) is 0 Å². The fourth-order valence-corrected chi connectivity index (χ4v) is 3.20. The molecular formula is C14H20N2O. The summed E-state index contributed by atoms with van der Waals surface area (Å²) in [5.41, 5.74) is 6.46. The second-order valence-electron chi connectivity index (χ2n) is 5.33. The highest BCUT2D eigenvalue weighted by Crippen LogP contribution is 2.35. The van der Waals surface area contributed by atoms with E-state index in [0.29, 0.717) is 6.10 Å². The van der Waals surface area contributed by atoms with Crippen LogP contribution >= 0.6 is 0 Å². The molecule has 0 saturated carbocycles. The lowest BCUT2D eigenvalue weighted by Crippen LogP contribution is -2.43. The van der Waals surface area contributed by atoms with Gasteiger partial charge in [-0.1, -0.05) is 0 Å². The van der Waals surface area contributed by atoms with Gasteiger partial charge in [0.25, 0.3) is 0 Å². The predicted molar refractivity (Wildman–Crippen MR) is 69.1 cm³/mol. The van der Waals surface area contributed by atoms with Gasteiger partial charge in [-0.25, -0.2) is 0 Å². The largest absolute Gasteiger partial charge is 0.490 e. The average molecular weight is 232 g/mol. The quantitative estimate of drug-likeness (QED) is 0.795. The zero-order valence-corrected chi connectivity index (χ0v) is 10.3. The van der Waals surface area contributed by atoms with Crippen molar-refractivity contribution in [3.05, 3.63) is 24.3 Å². The molecule has 1 aromatic rings. The molecule has 3 nitrogen and oxygen atoms in total. The number of piperidine rings is 1. The zero-order valence-electron chi connectivity index (χ0n) is 10.3. The van der Waals surface area contributed by atoms with Crippen molar-refractivity contribution in [2.24, 2.45) is 0 Å². The maximum atomic E-state index is 6.06. The number of anilines is 1. The van der Waals surface area contributed by atoms with Crippen LogP contribution in [-0.4, -0.2) is 30.1 Å². The van der Waals surface area contributed by atoms with Crippen molar-refractivity contribution < 1.29 is 4.74 Å². The SMILES string of the molecule is CN1[C@H]2CC[C@H]1CC(Oc1ccc(N)cc1)C2. The van der Waals surface area contributed by atoms with Crippen LogP contribution in [0, 0.1) is 0 Å². The molecule has 2 aliphatic heterocycles. The van der Waals surface area contributed by atoms with Crippen LogP contribution in [0.5, 0.6) is 5.75 Å². The zero-order chi connectivity index (χ0) is 11.8. The molecule has 2 saturated heterocycles. The van der Waals surface area contributed by atoms with Gasteiger partial charge < -0.3 is 15.4 Å². The first-order chi connectivity index (χ1) is 8.22. The molecule has 0 spiro atoms. The first kappa shape index (κ1) is 10.9. The van der Waals surface area contributed by atoms with Crippen molar-refractivity contribution in [2.75, 3.05) is 12.8 Å². The monoisotopic (exact) mass is 232 g/mol. The predicted octanol–water partition coefficient (Wildman–Crippen LogP) is 2.27. The van der Waals surface area contributed by atoms with Crippen molar-refractivity contribution >= 4 is 5.69 Å². The highest BCUT2D eigenvalue weighted by atomic mass is 16.5. The van der Waals surface area contributed by atoms with Gasteiger partial charge in [0, 0.05) is 17.8 Å². The van der Waals surface area contributed by atoms with Gasteiger partial charge in [-0.3, -0.25) is 0 Å². The third kappa shape index (κ3) is 2.12. The maximum absolute atomic E-state index is 6.06. The van der Waals surface area contributed by atoms with E-state index in [4.69, 9.17) is 10.5 Å². The molecule has 0 aliphatic carbocycles. The van der Waals surface area contributed by atoms with Crippen LogP contribution in [0.25, 0.3) is 0 Å². The summed E-state index contributed by atoms with van der Waals surface area (Å²) in [6.07, 6.45) is 5.38. The second kappa shape index (κ2) is 4.22. The van der Waals surface area contributed by atoms with Gasteiger partial charge in [0.15, 0.2) is 0 Å². The summed E-state index contributed by atoms with van der Waals surface area (Å²) in [5.74, 6) is 0.952. The van der Waals surface area contributed by atoms with E-state index in [1.165, 1.54) is 12.8 Å². The van der Waals surface area contributed by atoms with E-state index >= 15 is 0 Å². The average Bonchev–Trinajstić information content (AvgIpc) is 2.55. The number of nitrogens with two attached hydrogens (primary N) is 1. The Hall–Kier alpha value is -1.22. The highest BCUT2D eigenvalue weighted by molar-refractivity contribution is 5.41. The summed E-state index contributed by atoms with van der Waals surface area (Å²) < 4.78 is 6.06. The van der Waals surface area contributed by atoms with E-state index in [2.05, 4.69) is 11.9 Å². The minimum absolute atomic E-state index is 0.382. The van der Waals surface area contributed by atoms with E-state index in [1.54, 1.807) is 0 Å². The summed E-state index contributed by atoms with van der Waals surface area (Å²) in [7, 11) is 2.25. The van der Waals surface area contributed by atoms with Gasteiger partial charge in [-0.2, -0.15) is 0 Å². The molecule has 0 unspecified atom stereocenters. The molecule has 2 atom stereocenters. The molecule has 2 N–H and O–H groups in total. The Kier molecular flexibility index (Phi) is 2.71. The van der Waals surface area contributed by atoms with Crippen LogP contribution < -0.4 is 10.5 Å². The molecule has 17 heavy (non-hydrogen) atoms. The second-order valence-corrected chi connectivity index (χ2v) is 5.33. The molecule has 2 heterocycles. The molecular weight excluding hydrogens is 212 g/mol. The lowest BCUT2D eigenvalue weighted by molar-refractivity contribution is 0.0662. The first-order valence-corrected chi connectivity index (χ1v) is 6.46. The van der Waals surface area contributed by atoms with Gasteiger partial charge >= 0.3 is 0 Å². The molecule has 3 rings (SSSR count). The number of rotatable bonds is 2. The molecule has 1 aromatic carbocycles.